The fourth-order valence-corrected chi connectivity index (χ4v) is 5.31. The zero-order valence-electron chi connectivity index (χ0n) is 8.76. The number of halogens is 1. The minimum absolute atomic E-state index is 0.270. The standard InChI is InChI=1S/C9H10BrN3O2S2/c10-8-1-2-9(16-8)17(14,15)13-4-3-12-6-7(13)5-11/h1-2,7,12H,3-4,6H2. The van der Waals surface area contributed by atoms with Crippen LogP contribution >= 0.6 is 27.3 Å². The lowest BCUT2D eigenvalue weighted by atomic mass is 10.3. The van der Waals surface area contributed by atoms with E-state index in [1.165, 1.54) is 4.31 Å². The molecule has 8 heteroatoms. The van der Waals surface area contributed by atoms with E-state index in [2.05, 4.69) is 21.2 Å². The summed E-state index contributed by atoms with van der Waals surface area (Å²) in [5.41, 5.74) is 0. The summed E-state index contributed by atoms with van der Waals surface area (Å²) < 4.78 is 26.9. The Morgan fingerprint density at radius 3 is 2.94 bits per heavy atom. The first-order chi connectivity index (χ1) is 8.05. The molecule has 0 radical (unpaired) electrons. The van der Waals surface area contributed by atoms with Crippen LogP contribution in [0.15, 0.2) is 20.1 Å². The summed E-state index contributed by atoms with van der Waals surface area (Å²) in [6, 6.07) is 4.64. The molecule has 0 saturated carbocycles. The van der Waals surface area contributed by atoms with Gasteiger partial charge in [0.05, 0.1) is 9.86 Å². The molecule has 1 aromatic rings. The molecule has 1 saturated heterocycles. The average Bonchev–Trinajstić information content (AvgIpc) is 2.76. The SMILES string of the molecule is N#CC1CNCCN1S(=O)(=O)c1ccc(Br)s1. The maximum atomic E-state index is 12.3. The molecule has 1 aliphatic heterocycles. The maximum absolute atomic E-state index is 12.3. The first-order valence-corrected chi connectivity index (χ1v) is 7.98. The molecule has 1 N–H and O–H groups in total. The average molecular weight is 336 g/mol. The Morgan fingerprint density at radius 2 is 2.35 bits per heavy atom. The van der Waals surface area contributed by atoms with Gasteiger partial charge in [0.1, 0.15) is 10.3 Å². The van der Waals surface area contributed by atoms with Crippen molar-refractivity contribution < 1.29 is 8.42 Å². The number of hydrogen-bond acceptors (Lipinski definition) is 5. The van der Waals surface area contributed by atoms with E-state index >= 15 is 0 Å². The fraction of sp³-hybridized carbons (Fsp3) is 0.444. The predicted octanol–water partition coefficient (Wildman–Crippen LogP) is 0.997. The minimum Gasteiger partial charge on any atom is -0.313 e. The second kappa shape index (κ2) is 5.04. The number of hydrogen-bond donors (Lipinski definition) is 1. The Kier molecular flexibility index (Phi) is 3.85. The summed E-state index contributed by atoms with van der Waals surface area (Å²) in [4.78, 5) is 0. The molecular formula is C9H10BrN3O2S2. The second-order valence-electron chi connectivity index (χ2n) is 3.52. The van der Waals surface area contributed by atoms with E-state index in [0.29, 0.717) is 19.6 Å². The number of nitriles is 1. The molecule has 0 aromatic carbocycles. The summed E-state index contributed by atoms with van der Waals surface area (Å²) in [6.07, 6.45) is 0. The second-order valence-corrected chi connectivity index (χ2v) is 8.10. The Hall–Kier alpha value is -0.460. The van der Waals surface area contributed by atoms with Crippen LogP contribution in [0, 0.1) is 11.3 Å². The van der Waals surface area contributed by atoms with Crippen molar-refractivity contribution in [3.8, 4) is 6.07 Å². The molecule has 5 nitrogen and oxygen atoms in total. The van der Waals surface area contributed by atoms with Crippen molar-refractivity contribution in [2.24, 2.45) is 0 Å². The molecule has 0 bridgehead atoms. The van der Waals surface area contributed by atoms with Gasteiger partial charge in [0.2, 0.25) is 0 Å². The quantitative estimate of drug-likeness (QED) is 0.874. The van der Waals surface area contributed by atoms with E-state index in [9.17, 15) is 8.42 Å². The number of rotatable bonds is 2. The summed E-state index contributed by atoms with van der Waals surface area (Å²) >= 11 is 4.40. The van der Waals surface area contributed by atoms with Crippen LogP contribution in [0.3, 0.4) is 0 Å². The smallest absolute Gasteiger partial charge is 0.253 e. The van der Waals surface area contributed by atoms with E-state index in [1.54, 1.807) is 12.1 Å². The van der Waals surface area contributed by atoms with E-state index in [4.69, 9.17) is 5.26 Å². The molecule has 1 aliphatic rings. The van der Waals surface area contributed by atoms with Crippen molar-refractivity contribution in [1.29, 1.82) is 5.26 Å². The van der Waals surface area contributed by atoms with Gasteiger partial charge in [-0.15, -0.1) is 11.3 Å². The number of piperazine rings is 1. The predicted molar refractivity (Wildman–Crippen MR) is 68.2 cm³/mol. The summed E-state index contributed by atoms with van der Waals surface area (Å²) in [5, 5.41) is 12.0. The van der Waals surface area contributed by atoms with Crippen LogP contribution in [0.2, 0.25) is 0 Å². The van der Waals surface area contributed by atoms with Gasteiger partial charge in [0.25, 0.3) is 10.0 Å². The van der Waals surface area contributed by atoms with Crippen LogP contribution < -0.4 is 5.32 Å². The zero-order valence-corrected chi connectivity index (χ0v) is 12.0. The van der Waals surface area contributed by atoms with Crippen LogP contribution in [-0.2, 0) is 10.0 Å². The largest absolute Gasteiger partial charge is 0.313 e. The number of nitrogens with one attached hydrogen (secondary N) is 1. The molecular weight excluding hydrogens is 326 g/mol. The monoisotopic (exact) mass is 335 g/mol. The summed E-state index contributed by atoms with van der Waals surface area (Å²) in [5.74, 6) is 0. The molecule has 17 heavy (non-hydrogen) atoms. The molecule has 2 heterocycles. The first kappa shape index (κ1) is 13.0. The normalized spacial score (nSPS) is 22.2. The van der Waals surface area contributed by atoms with Gasteiger partial charge in [-0.05, 0) is 28.1 Å². The van der Waals surface area contributed by atoms with E-state index in [-0.39, 0.29) is 4.21 Å². The van der Waals surface area contributed by atoms with Gasteiger partial charge in [-0.25, -0.2) is 8.42 Å². The highest BCUT2D eigenvalue weighted by atomic mass is 79.9. The van der Waals surface area contributed by atoms with Gasteiger partial charge in [-0.1, -0.05) is 0 Å². The third kappa shape index (κ3) is 2.53. The van der Waals surface area contributed by atoms with Gasteiger partial charge in [-0.3, -0.25) is 0 Å². The van der Waals surface area contributed by atoms with Crippen LogP contribution in [0.1, 0.15) is 0 Å². The van der Waals surface area contributed by atoms with E-state index in [1.807, 2.05) is 6.07 Å². The third-order valence-electron chi connectivity index (χ3n) is 2.45. The van der Waals surface area contributed by atoms with E-state index in [0.717, 1.165) is 15.1 Å². The number of thiophene rings is 1. The lowest BCUT2D eigenvalue weighted by molar-refractivity contribution is 0.312. The minimum atomic E-state index is -3.54. The van der Waals surface area contributed by atoms with Crippen molar-refractivity contribution in [2.45, 2.75) is 10.3 Å². The van der Waals surface area contributed by atoms with Gasteiger partial charge < -0.3 is 5.32 Å². The Morgan fingerprint density at radius 1 is 1.59 bits per heavy atom. The van der Waals surface area contributed by atoms with Crippen molar-refractivity contribution in [3.63, 3.8) is 0 Å². The number of nitrogens with zero attached hydrogens (tertiary/aromatic N) is 2. The highest BCUT2D eigenvalue weighted by Gasteiger charge is 2.34. The molecule has 1 unspecified atom stereocenters. The van der Waals surface area contributed by atoms with E-state index < -0.39 is 16.1 Å². The van der Waals surface area contributed by atoms with Crippen molar-refractivity contribution in [2.75, 3.05) is 19.6 Å². The summed E-state index contributed by atoms with van der Waals surface area (Å²) in [6.45, 7) is 1.28. The van der Waals surface area contributed by atoms with Crippen LogP contribution in [0.5, 0.6) is 0 Å². The fourth-order valence-electron chi connectivity index (χ4n) is 1.64. The molecule has 1 aromatic heterocycles. The van der Waals surface area contributed by atoms with Gasteiger partial charge in [-0.2, -0.15) is 9.57 Å². The van der Waals surface area contributed by atoms with Crippen molar-refractivity contribution >= 4 is 37.3 Å². The highest BCUT2D eigenvalue weighted by Crippen LogP contribution is 2.29. The molecule has 0 amide bonds. The van der Waals surface area contributed by atoms with Gasteiger partial charge >= 0.3 is 0 Å². The lowest BCUT2D eigenvalue weighted by Crippen LogP contribution is -2.52. The van der Waals surface area contributed by atoms with Gasteiger partial charge in [0.15, 0.2) is 0 Å². The highest BCUT2D eigenvalue weighted by molar-refractivity contribution is 9.11. The van der Waals surface area contributed by atoms with Crippen LogP contribution in [0.4, 0.5) is 0 Å². The van der Waals surface area contributed by atoms with Crippen LogP contribution in [0.25, 0.3) is 0 Å². The lowest BCUT2D eigenvalue weighted by Gasteiger charge is -2.30. The molecule has 2 rings (SSSR count). The van der Waals surface area contributed by atoms with Crippen LogP contribution in [-0.4, -0.2) is 38.4 Å². The Bertz CT molecular complexity index is 549. The molecule has 0 aliphatic carbocycles. The molecule has 1 fully saturated rings. The third-order valence-corrected chi connectivity index (χ3v) is 6.45. The molecule has 0 spiro atoms. The van der Waals surface area contributed by atoms with Crippen molar-refractivity contribution in [3.05, 3.63) is 15.9 Å². The number of sulfonamides is 1. The first-order valence-electron chi connectivity index (χ1n) is 4.93. The molecule has 1 atom stereocenters. The molecule has 92 valence electrons. The Balaban J connectivity index is 2.35. The maximum Gasteiger partial charge on any atom is 0.253 e. The topological polar surface area (TPSA) is 73.2 Å². The summed E-state index contributed by atoms with van der Waals surface area (Å²) in [7, 11) is -3.54. The van der Waals surface area contributed by atoms with Gasteiger partial charge in [0, 0.05) is 19.6 Å². The zero-order chi connectivity index (χ0) is 12.5. The Labute approximate surface area is 112 Å². The van der Waals surface area contributed by atoms with Crippen molar-refractivity contribution in [1.82, 2.24) is 9.62 Å².